The lowest BCUT2D eigenvalue weighted by atomic mass is 9.96. The molecule has 104 valence electrons. The van der Waals surface area contributed by atoms with Crippen LogP contribution in [0.3, 0.4) is 0 Å². The molecule has 0 bridgehead atoms. The van der Waals surface area contributed by atoms with Crippen molar-refractivity contribution in [1.82, 2.24) is 5.32 Å². The lowest BCUT2D eigenvalue weighted by Crippen LogP contribution is -2.37. The summed E-state index contributed by atoms with van der Waals surface area (Å²) in [5.74, 6) is 1.17. The van der Waals surface area contributed by atoms with E-state index < -0.39 is 0 Å². The summed E-state index contributed by atoms with van der Waals surface area (Å²) < 4.78 is 18.5. The molecular weight excluding hydrogens is 241 g/mol. The van der Waals surface area contributed by atoms with E-state index in [0.29, 0.717) is 18.0 Å². The smallest absolute Gasteiger partial charge is 0.123 e. The molecule has 3 rings (SSSR count). The van der Waals surface area contributed by atoms with E-state index in [0.717, 1.165) is 25.6 Å². The topological polar surface area (TPSA) is 21.3 Å². The first-order valence-corrected chi connectivity index (χ1v) is 7.33. The maximum atomic E-state index is 13.0. The highest BCUT2D eigenvalue weighted by Gasteiger charge is 2.34. The molecule has 1 aromatic rings. The maximum absolute atomic E-state index is 13.0. The number of benzene rings is 1. The number of hydrogen-bond acceptors (Lipinski definition) is 2. The third-order valence-electron chi connectivity index (χ3n) is 4.44. The van der Waals surface area contributed by atoms with Crippen LogP contribution < -0.4 is 5.32 Å². The van der Waals surface area contributed by atoms with E-state index in [-0.39, 0.29) is 5.82 Å². The van der Waals surface area contributed by atoms with Crippen LogP contribution in [0.25, 0.3) is 0 Å². The average molecular weight is 263 g/mol. The van der Waals surface area contributed by atoms with Gasteiger partial charge in [-0.1, -0.05) is 12.1 Å². The van der Waals surface area contributed by atoms with E-state index in [1.165, 1.54) is 18.4 Å². The highest BCUT2D eigenvalue weighted by molar-refractivity contribution is 5.22. The van der Waals surface area contributed by atoms with Crippen molar-refractivity contribution in [3.63, 3.8) is 0 Å². The number of hydrogen-bond donors (Lipinski definition) is 1. The Morgan fingerprint density at radius 1 is 1.16 bits per heavy atom. The molecule has 1 saturated heterocycles. The van der Waals surface area contributed by atoms with Crippen molar-refractivity contribution in [2.24, 2.45) is 11.8 Å². The van der Waals surface area contributed by atoms with Crippen LogP contribution in [-0.4, -0.2) is 19.3 Å². The first-order chi connectivity index (χ1) is 9.24. The molecule has 0 aromatic heterocycles. The minimum absolute atomic E-state index is 0.157. The number of halogens is 1. The molecule has 0 amide bonds. The van der Waals surface area contributed by atoms with Crippen LogP contribution in [0.15, 0.2) is 24.3 Å². The molecule has 0 radical (unpaired) electrons. The lowest BCUT2D eigenvalue weighted by Gasteiger charge is -2.27. The van der Waals surface area contributed by atoms with Crippen molar-refractivity contribution >= 4 is 0 Å². The van der Waals surface area contributed by atoms with E-state index in [9.17, 15) is 4.39 Å². The van der Waals surface area contributed by atoms with Gasteiger partial charge in [-0.15, -0.1) is 0 Å². The van der Waals surface area contributed by atoms with Crippen molar-refractivity contribution in [1.29, 1.82) is 0 Å². The molecule has 1 aliphatic heterocycles. The fourth-order valence-electron chi connectivity index (χ4n) is 2.97. The maximum Gasteiger partial charge on any atom is 0.123 e. The Morgan fingerprint density at radius 2 is 1.89 bits per heavy atom. The van der Waals surface area contributed by atoms with Crippen molar-refractivity contribution in [3.8, 4) is 0 Å². The Balaban J connectivity index is 1.68. The summed E-state index contributed by atoms with van der Waals surface area (Å²) in [4.78, 5) is 0. The molecule has 0 spiro atoms. The van der Waals surface area contributed by atoms with E-state index in [1.807, 2.05) is 12.1 Å². The lowest BCUT2D eigenvalue weighted by molar-refractivity contribution is 0.175. The molecule has 3 heteroatoms. The fourth-order valence-corrected chi connectivity index (χ4v) is 2.97. The van der Waals surface area contributed by atoms with Gasteiger partial charge in [0.2, 0.25) is 0 Å². The Labute approximate surface area is 114 Å². The van der Waals surface area contributed by atoms with Crippen LogP contribution in [0.1, 0.15) is 37.8 Å². The Kier molecular flexibility index (Phi) is 3.85. The SMILES string of the molecule is CC(NC(c1ccc(F)cc1)C1CC1)C1CCOC1. The number of ether oxygens (including phenoxy) is 1. The van der Waals surface area contributed by atoms with Gasteiger partial charge < -0.3 is 10.1 Å². The number of nitrogens with one attached hydrogen (secondary N) is 1. The van der Waals surface area contributed by atoms with Gasteiger partial charge in [0.15, 0.2) is 0 Å². The van der Waals surface area contributed by atoms with Crippen molar-refractivity contribution in [2.75, 3.05) is 13.2 Å². The largest absolute Gasteiger partial charge is 0.381 e. The highest BCUT2D eigenvalue weighted by Crippen LogP contribution is 2.41. The minimum atomic E-state index is -0.157. The molecule has 1 heterocycles. The van der Waals surface area contributed by atoms with E-state index >= 15 is 0 Å². The number of rotatable bonds is 5. The van der Waals surface area contributed by atoms with Gasteiger partial charge >= 0.3 is 0 Å². The second-order valence-electron chi connectivity index (χ2n) is 5.95. The van der Waals surface area contributed by atoms with Crippen molar-refractivity contribution < 1.29 is 9.13 Å². The molecule has 2 nitrogen and oxygen atoms in total. The molecule has 3 unspecified atom stereocenters. The van der Waals surface area contributed by atoms with Gasteiger partial charge in [-0.25, -0.2) is 4.39 Å². The van der Waals surface area contributed by atoms with Crippen LogP contribution >= 0.6 is 0 Å². The van der Waals surface area contributed by atoms with E-state index in [4.69, 9.17) is 4.74 Å². The zero-order chi connectivity index (χ0) is 13.2. The molecule has 3 atom stereocenters. The second kappa shape index (κ2) is 5.59. The molecule has 2 aliphatic rings. The van der Waals surface area contributed by atoms with Gasteiger partial charge in [-0.2, -0.15) is 0 Å². The van der Waals surface area contributed by atoms with Crippen LogP contribution in [0, 0.1) is 17.7 Å². The predicted molar refractivity (Wildman–Crippen MR) is 73.4 cm³/mol. The third-order valence-corrected chi connectivity index (χ3v) is 4.44. The molecule has 1 N–H and O–H groups in total. The summed E-state index contributed by atoms with van der Waals surface area (Å²) in [5.41, 5.74) is 1.22. The van der Waals surface area contributed by atoms with Gasteiger partial charge in [0.25, 0.3) is 0 Å². The predicted octanol–water partition coefficient (Wildman–Crippen LogP) is 3.29. The quantitative estimate of drug-likeness (QED) is 0.880. The van der Waals surface area contributed by atoms with Crippen LogP contribution in [0.5, 0.6) is 0 Å². The minimum Gasteiger partial charge on any atom is -0.381 e. The zero-order valence-corrected chi connectivity index (χ0v) is 11.4. The summed E-state index contributed by atoms with van der Waals surface area (Å²) in [6.45, 7) is 4.01. The van der Waals surface area contributed by atoms with Gasteiger partial charge in [0.1, 0.15) is 5.82 Å². The average Bonchev–Trinajstić information content (AvgIpc) is 3.10. The van der Waals surface area contributed by atoms with E-state index in [2.05, 4.69) is 12.2 Å². The molecule has 2 fully saturated rings. The van der Waals surface area contributed by atoms with Crippen molar-refractivity contribution in [2.45, 2.75) is 38.3 Å². The standard InChI is InChI=1S/C16H22FNO/c1-11(14-8-9-19-10-14)18-16(12-2-3-12)13-4-6-15(17)7-5-13/h4-7,11-12,14,16,18H,2-3,8-10H2,1H3. The zero-order valence-electron chi connectivity index (χ0n) is 11.4. The normalized spacial score (nSPS) is 26.3. The molecule has 1 saturated carbocycles. The summed E-state index contributed by atoms with van der Waals surface area (Å²) in [5, 5.41) is 3.75. The first kappa shape index (κ1) is 13.1. The molecular formula is C16H22FNO. The highest BCUT2D eigenvalue weighted by atomic mass is 19.1. The van der Waals surface area contributed by atoms with Gasteiger partial charge in [0, 0.05) is 18.7 Å². The molecule has 19 heavy (non-hydrogen) atoms. The fraction of sp³-hybridized carbons (Fsp3) is 0.625. The van der Waals surface area contributed by atoms with Crippen LogP contribution in [0.4, 0.5) is 4.39 Å². The Hall–Kier alpha value is -0.930. The third kappa shape index (κ3) is 3.15. The molecule has 1 aliphatic carbocycles. The summed E-state index contributed by atoms with van der Waals surface area (Å²) in [7, 11) is 0. The van der Waals surface area contributed by atoms with Gasteiger partial charge in [-0.3, -0.25) is 0 Å². The van der Waals surface area contributed by atoms with Crippen LogP contribution in [0.2, 0.25) is 0 Å². The second-order valence-corrected chi connectivity index (χ2v) is 5.95. The summed E-state index contributed by atoms with van der Waals surface area (Å²) in [6.07, 6.45) is 3.71. The van der Waals surface area contributed by atoms with Crippen molar-refractivity contribution in [3.05, 3.63) is 35.6 Å². The van der Waals surface area contributed by atoms with Gasteiger partial charge in [0.05, 0.1) is 6.61 Å². The Bertz CT molecular complexity index is 409. The summed E-state index contributed by atoms with van der Waals surface area (Å²) in [6, 6.07) is 7.80. The van der Waals surface area contributed by atoms with E-state index in [1.54, 1.807) is 12.1 Å². The molecule has 1 aromatic carbocycles. The monoisotopic (exact) mass is 263 g/mol. The van der Waals surface area contributed by atoms with Gasteiger partial charge in [-0.05, 0) is 55.7 Å². The Morgan fingerprint density at radius 3 is 2.47 bits per heavy atom. The summed E-state index contributed by atoms with van der Waals surface area (Å²) >= 11 is 0. The first-order valence-electron chi connectivity index (χ1n) is 7.33. The van der Waals surface area contributed by atoms with Crippen LogP contribution in [-0.2, 0) is 4.74 Å².